The van der Waals surface area contributed by atoms with Gasteiger partial charge in [-0.2, -0.15) is 0 Å². The zero-order valence-electron chi connectivity index (χ0n) is 14.6. The molecule has 1 aliphatic rings. The first-order chi connectivity index (χ1) is 12.4. The Hall–Kier alpha value is -2.38. The van der Waals surface area contributed by atoms with Crippen LogP contribution in [0.1, 0.15) is 25.3 Å². The number of carbonyl (C=O) groups is 1. The Morgan fingerprint density at radius 2 is 1.88 bits per heavy atom. The van der Waals surface area contributed by atoms with Crippen LogP contribution in [0.3, 0.4) is 0 Å². The SMILES string of the molecule is CC(O)CN(c1ccccc1)S(=O)(=O)c1ccc2c(c1)CCCC(=O)N2. The molecule has 1 heterocycles. The molecule has 0 saturated carbocycles. The quantitative estimate of drug-likeness (QED) is 0.842. The van der Waals surface area contributed by atoms with Crippen molar-refractivity contribution in [2.24, 2.45) is 0 Å². The predicted octanol–water partition coefficient (Wildman–Crippen LogP) is 2.54. The first-order valence-corrected chi connectivity index (χ1v) is 10.0. The van der Waals surface area contributed by atoms with E-state index in [1.807, 2.05) is 6.07 Å². The normalized spacial score (nSPS) is 15.5. The molecule has 2 N–H and O–H groups in total. The third-order valence-electron chi connectivity index (χ3n) is 4.26. The van der Waals surface area contributed by atoms with Gasteiger partial charge in [0.2, 0.25) is 5.91 Å². The molecule has 7 heteroatoms. The van der Waals surface area contributed by atoms with Gasteiger partial charge in [-0.05, 0) is 55.7 Å². The summed E-state index contributed by atoms with van der Waals surface area (Å²) in [6.45, 7) is 1.51. The Bertz CT molecular complexity index is 895. The zero-order chi connectivity index (χ0) is 18.7. The second-order valence-electron chi connectivity index (χ2n) is 6.44. The van der Waals surface area contributed by atoms with Crippen molar-refractivity contribution >= 4 is 27.3 Å². The molecule has 1 unspecified atom stereocenters. The van der Waals surface area contributed by atoms with E-state index >= 15 is 0 Å². The van der Waals surface area contributed by atoms with Crippen molar-refractivity contribution in [1.82, 2.24) is 0 Å². The number of rotatable bonds is 5. The van der Waals surface area contributed by atoms with Crippen LogP contribution in [0, 0.1) is 0 Å². The van der Waals surface area contributed by atoms with Crippen molar-refractivity contribution in [3.63, 3.8) is 0 Å². The number of para-hydroxylation sites is 1. The van der Waals surface area contributed by atoms with Gasteiger partial charge in [0.05, 0.1) is 23.2 Å². The molecule has 0 radical (unpaired) electrons. The number of hydrogen-bond donors (Lipinski definition) is 2. The first kappa shape index (κ1) is 18.4. The fourth-order valence-corrected chi connectivity index (χ4v) is 4.61. The summed E-state index contributed by atoms with van der Waals surface area (Å²) in [5.74, 6) is -0.0561. The van der Waals surface area contributed by atoms with Crippen molar-refractivity contribution in [2.45, 2.75) is 37.2 Å². The van der Waals surface area contributed by atoms with E-state index in [1.165, 1.54) is 10.4 Å². The maximum absolute atomic E-state index is 13.2. The van der Waals surface area contributed by atoms with E-state index in [1.54, 1.807) is 43.3 Å². The second-order valence-corrected chi connectivity index (χ2v) is 8.30. The predicted molar refractivity (Wildman–Crippen MR) is 101 cm³/mol. The summed E-state index contributed by atoms with van der Waals surface area (Å²) < 4.78 is 27.7. The van der Waals surface area contributed by atoms with Gasteiger partial charge in [0.1, 0.15) is 0 Å². The van der Waals surface area contributed by atoms with Gasteiger partial charge in [0.25, 0.3) is 10.0 Å². The molecule has 0 spiro atoms. The number of aliphatic hydroxyl groups is 1. The number of nitrogens with zero attached hydrogens (tertiary/aromatic N) is 1. The number of aliphatic hydroxyl groups excluding tert-OH is 1. The molecule has 0 aromatic heterocycles. The Labute approximate surface area is 153 Å². The van der Waals surface area contributed by atoms with Crippen molar-refractivity contribution in [2.75, 3.05) is 16.2 Å². The van der Waals surface area contributed by atoms with Gasteiger partial charge in [-0.3, -0.25) is 9.10 Å². The summed E-state index contributed by atoms with van der Waals surface area (Å²) in [5.41, 5.74) is 1.96. The zero-order valence-corrected chi connectivity index (χ0v) is 15.4. The molecule has 0 bridgehead atoms. The number of sulfonamides is 1. The number of amides is 1. The highest BCUT2D eigenvalue weighted by atomic mass is 32.2. The highest BCUT2D eigenvalue weighted by Gasteiger charge is 2.27. The monoisotopic (exact) mass is 374 g/mol. The Morgan fingerprint density at radius 3 is 2.58 bits per heavy atom. The van der Waals surface area contributed by atoms with Gasteiger partial charge in [-0.1, -0.05) is 18.2 Å². The van der Waals surface area contributed by atoms with Crippen LogP contribution in [0.5, 0.6) is 0 Å². The Morgan fingerprint density at radius 1 is 1.15 bits per heavy atom. The van der Waals surface area contributed by atoms with Crippen LogP contribution in [0.4, 0.5) is 11.4 Å². The molecule has 0 saturated heterocycles. The smallest absolute Gasteiger partial charge is 0.264 e. The lowest BCUT2D eigenvalue weighted by Gasteiger charge is -2.26. The van der Waals surface area contributed by atoms with Crippen LogP contribution in [-0.2, 0) is 21.2 Å². The van der Waals surface area contributed by atoms with Crippen molar-refractivity contribution in [3.05, 3.63) is 54.1 Å². The van der Waals surface area contributed by atoms with E-state index in [2.05, 4.69) is 5.32 Å². The van der Waals surface area contributed by atoms with Crippen molar-refractivity contribution < 1.29 is 18.3 Å². The lowest BCUT2D eigenvalue weighted by atomic mass is 10.1. The maximum atomic E-state index is 13.2. The van der Waals surface area contributed by atoms with Gasteiger partial charge in [-0.15, -0.1) is 0 Å². The van der Waals surface area contributed by atoms with E-state index in [0.29, 0.717) is 30.6 Å². The maximum Gasteiger partial charge on any atom is 0.264 e. The third-order valence-corrected chi connectivity index (χ3v) is 6.05. The lowest BCUT2D eigenvalue weighted by Crippen LogP contribution is -2.36. The molecular formula is C19H22N2O4S. The van der Waals surface area contributed by atoms with Crippen LogP contribution in [0.2, 0.25) is 0 Å². The van der Waals surface area contributed by atoms with E-state index in [-0.39, 0.29) is 17.3 Å². The average molecular weight is 374 g/mol. The van der Waals surface area contributed by atoms with Gasteiger partial charge in [-0.25, -0.2) is 8.42 Å². The summed E-state index contributed by atoms with van der Waals surface area (Å²) in [7, 11) is -3.85. The number of aryl methyl sites for hydroxylation is 1. The molecule has 2 aromatic rings. The molecule has 138 valence electrons. The fourth-order valence-electron chi connectivity index (χ4n) is 3.02. The molecule has 6 nitrogen and oxygen atoms in total. The third kappa shape index (κ3) is 3.89. The van der Waals surface area contributed by atoms with Gasteiger partial charge in [0.15, 0.2) is 0 Å². The average Bonchev–Trinajstić information content (AvgIpc) is 2.80. The summed E-state index contributed by atoms with van der Waals surface area (Å²) in [5, 5.41) is 12.6. The number of nitrogens with one attached hydrogen (secondary N) is 1. The van der Waals surface area contributed by atoms with E-state index in [9.17, 15) is 18.3 Å². The summed E-state index contributed by atoms with van der Waals surface area (Å²) in [6.07, 6.45) is 0.928. The van der Waals surface area contributed by atoms with Gasteiger partial charge < -0.3 is 10.4 Å². The van der Waals surface area contributed by atoms with Crippen LogP contribution < -0.4 is 9.62 Å². The molecule has 2 aromatic carbocycles. The fraction of sp³-hybridized carbons (Fsp3) is 0.316. The molecule has 1 amide bonds. The number of anilines is 2. The Balaban J connectivity index is 2.02. The van der Waals surface area contributed by atoms with Crippen molar-refractivity contribution in [1.29, 1.82) is 0 Å². The molecule has 0 aliphatic carbocycles. The summed E-state index contributed by atoms with van der Waals surface area (Å²) >= 11 is 0. The minimum absolute atomic E-state index is 0.0415. The largest absolute Gasteiger partial charge is 0.392 e. The highest BCUT2D eigenvalue weighted by Crippen LogP contribution is 2.29. The molecular weight excluding hydrogens is 352 g/mol. The van der Waals surface area contributed by atoms with E-state index in [0.717, 1.165) is 5.56 Å². The van der Waals surface area contributed by atoms with Crippen LogP contribution in [0.15, 0.2) is 53.4 Å². The molecule has 26 heavy (non-hydrogen) atoms. The highest BCUT2D eigenvalue weighted by molar-refractivity contribution is 7.92. The lowest BCUT2D eigenvalue weighted by molar-refractivity contribution is -0.116. The summed E-state index contributed by atoms with van der Waals surface area (Å²) in [6, 6.07) is 13.5. The number of carbonyl (C=O) groups excluding carboxylic acids is 1. The van der Waals surface area contributed by atoms with Crippen LogP contribution in [0.25, 0.3) is 0 Å². The number of fused-ring (bicyclic) bond motifs is 1. The number of benzene rings is 2. The number of hydrogen-bond acceptors (Lipinski definition) is 4. The summed E-state index contributed by atoms with van der Waals surface area (Å²) in [4.78, 5) is 11.8. The van der Waals surface area contributed by atoms with Crippen LogP contribution in [-0.4, -0.2) is 32.1 Å². The van der Waals surface area contributed by atoms with Crippen molar-refractivity contribution in [3.8, 4) is 0 Å². The first-order valence-electron chi connectivity index (χ1n) is 8.56. The topological polar surface area (TPSA) is 86.7 Å². The van der Waals surface area contributed by atoms with Crippen LogP contribution >= 0.6 is 0 Å². The standard InChI is InChI=1S/C19H22N2O4S/c1-14(22)13-21(16-7-3-2-4-8-16)26(24,25)17-10-11-18-15(12-17)6-5-9-19(23)20-18/h2-4,7-8,10-12,14,22H,5-6,9,13H2,1H3,(H,20,23). The molecule has 3 rings (SSSR count). The molecule has 0 fully saturated rings. The minimum Gasteiger partial charge on any atom is -0.392 e. The van der Waals surface area contributed by atoms with E-state index < -0.39 is 16.1 Å². The van der Waals surface area contributed by atoms with Gasteiger partial charge >= 0.3 is 0 Å². The minimum atomic E-state index is -3.85. The molecule has 1 aliphatic heterocycles. The Kier molecular flexibility index (Phi) is 5.29. The second kappa shape index (κ2) is 7.47. The van der Waals surface area contributed by atoms with E-state index in [4.69, 9.17) is 0 Å². The molecule has 1 atom stereocenters. The van der Waals surface area contributed by atoms with Gasteiger partial charge in [0, 0.05) is 12.1 Å².